The molecule has 1 aliphatic heterocycles. The average Bonchev–Trinajstić information content (AvgIpc) is 3.10. The van der Waals surface area contributed by atoms with E-state index >= 15 is 0 Å². The van der Waals surface area contributed by atoms with Gasteiger partial charge in [-0.25, -0.2) is 0 Å². The van der Waals surface area contributed by atoms with E-state index in [1.165, 1.54) is 0 Å². The van der Waals surface area contributed by atoms with Gasteiger partial charge in [-0.15, -0.1) is 0 Å². The van der Waals surface area contributed by atoms with Gasteiger partial charge in [-0.05, 0) is 96.5 Å². The van der Waals surface area contributed by atoms with Gasteiger partial charge in [-0.1, -0.05) is 49.9 Å². The fraction of sp³-hybridized carbons (Fsp3) is 0.300. The second-order valence-electron chi connectivity index (χ2n) is 13.1. The van der Waals surface area contributed by atoms with Crippen LogP contribution in [0.2, 0.25) is 0 Å². The monoisotopic (exact) mass is 640 g/mol. The summed E-state index contributed by atoms with van der Waals surface area (Å²) >= 11 is 0. The molecule has 0 amide bonds. The molecule has 0 saturated heterocycles. The molecule has 8 nitrogen and oxygen atoms in total. The summed E-state index contributed by atoms with van der Waals surface area (Å²) in [5.41, 5.74) is 5.65. The van der Waals surface area contributed by atoms with Crippen LogP contribution in [0.4, 0.5) is 11.4 Å². The first-order valence-corrected chi connectivity index (χ1v) is 16.9. The Morgan fingerprint density at radius 2 is 0.812 bits per heavy atom. The maximum Gasteiger partial charge on any atom is 0.141 e. The Hall–Kier alpha value is -5.24. The van der Waals surface area contributed by atoms with E-state index in [-0.39, 0.29) is 46.9 Å². The third kappa shape index (κ3) is 6.88. The molecular formula is C40H40N4O4. The van der Waals surface area contributed by atoms with Crippen LogP contribution in [-0.2, 0) is 0 Å². The van der Waals surface area contributed by atoms with Crippen molar-refractivity contribution in [1.29, 1.82) is 0 Å². The molecule has 4 aromatic carbocycles. The van der Waals surface area contributed by atoms with Gasteiger partial charge in [0.1, 0.15) is 34.4 Å². The molecule has 2 fully saturated rings. The number of phenolic OH excluding ortho intramolecular Hbond substituents is 4. The van der Waals surface area contributed by atoms with Crippen LogP contribution in [0, 0.1) is 11.8 Å². The van der Waals surface area contributed by atoms with E-state index in [4.69, 9.17) is 20.0 Å². The van der Waals surface area contributed by atoms with Crippen LogP contribution >= 0.6 is 0 Å². The van der Waals surface area contributed by atoms with Gasteiger partial charge in [0.05, 0.1) is 12.1 Å². The lowest BCUT2D eigenvalue weighted by Gasteiger charge is -2.25. The minimum Gasteiger partial charge on any atom is -0.507 e. The van der Waals surface area contributed by atoms with Crippen LogP contribution < -0.4 is 0 Å². The first-order chi connectivity index (χ1) is 23.4. The molecule has 48 heavy (non-hydrogen) atoms. The number of hydrogen-bond donors (Lipinski definition) is 4. The zero-order chi connectivity index (χ0) is 33.0. The van der Waals surface area contributed by atoms with Crippen molar-refractivity contribution in [1.82, 2.24) is 0 Å². The van der Waals surface area contributed by atoms with Crippen LogP contribution in [-0.4, -0.2) is 57.4 Å². The summed E-state index contributed by atoms with van der Waals surface area (Å²) in [4.78, 5) is 19.4. The van der Waals surface area contributed by atoms with Gasteiger partial charge in [0.25, 0.3) is 0 Å². The second kappa shape index (κ2) is 13.9. The van der Waals surface area contributed by atoms with Crippen molar-refractivity contribution in [3.63, 3.8) is 0 Å². The third-order valence-electron chi connectivity index (χ3n) is 9.86. The summed E-state index contributed by atoms with van der Waals surface area (Å²) in [7, 11) is 0. The van der Waals surface area contributed by atoms with Gasteiger partial charge < -0.3 is 20.4 Å². The van der Waals surface area contributed by atoms with Crippen molar-refractivity contribution in [2.24, 2.45) is 31.8 Å². The van der Waals surface area contributed by atoms with Crippen molar-refractivity contribution in [2.45, 2.75) is 63.5 Å². The van der Waals surface area contributed by atoms with Crippen molar-refractivity contribution in [2.75, 3.05) is 0 Å². The van der Waals surface area contributed by atoms with Crippen LogP contribution in [0.1, 0.15) is 62.5 Å². The predicted molar refractivity (Wildman–Crippen MR) is 193 cm³/mol. The summed E-state index contributed by atoms with van der Waals surface area (Å²) in [6, 6.07) is 21.5. The van der Waals surface area contributed by atoms with Gasteiger partial charge in [0, 0.05) is 47.8 Å². The van der Waals surface area contributed by atoms with Gasteiger partial charge in [-0.3, -0.25) is 20.0 Å². The lowest BCUT2D eigenvalue weighted by molar-refractivity contribution is 0.388. The van der Waals surface area contributed by atoms with Crippen molar-refractivity contribution >= 4 is 36.2 Å². The third-order valence-corrected chi connectivity index (χ3v) is 9.86. The highest BCUT2D eigenvalue weighted by molar-refractivity contribution is 5.89. The maximum absolute atomic E-state index is 10.7. The number of aliphatic imine (C=N–C) groups is 4. The molecule has 0 radical (unpaired) electrons. The molecule has 2 saturated carbocycles. The molecule has 4 atom stereocenters. The zero-order valence-corrected chi connectivity index (χ0v) is 26.8. The molecular weight excluding hydrogens is 600 g/mol. The van der Waals surface area contributed by atoms with Crippen LogP contribution in [0.5, 0.6) is 23.0 Å². The smallest absolute Gasteiger partial charge is 0.141 e. The SMILES string of the molecule is Oc1ccc2cc1C=N[C@@H]1CCCC[C@H]1C=Nc1cc(ccc1O)-c1ccc(O)c(c1)N=C[C@@H]1CCCC[C@H]1N=Cc1cc-2ccc1O. The van der Waals surface area contributed by atoms with E-state index < -0.39 is 0 Å². The Kier molecular flexibility index (Phi) is 9.05. The van der Waals surface area contributed by atoms with E-state index in [9.17, 15) is 20.4 Å². The summed E-state index contributed by atoms with van der Waals surface area (Å²) in [6.45, 7) is 0. The number of aromatic hydroxyl groups is 4. The summed E-state index contributed by atoms with van der Waals surface area (Å²) in [6.07, 6.45) is 15.2. The second-order valence-corrected chi connectivity index (χ2v) is 13.1. The van der Waals surface area contributed by atoms with Crippen molar-refractivity contribution in [3.8, 4) is 45.3 Å². The lowest BCUT2D eigenvalue weighted by atomic mass is 9.85. The first-order valence-electron chi connectivity index (χ1n) is 16.9. The van der Waals surface area contributed by atoms with Crippen LogP contribution in [0.15, 0.2) is 92.8 Å². The predicted octanol–water partition coefficient (Wildman–Crippen LogP) is 8.92. The normalized spacial score (nSPS) is 22.3. The topological polar surface area (TPSA) is 130 Å². The van der Waals surface area contributed by atoms with Gasteiger partial charge in [0.15, 0.2) is 0 Å². The Morgan fingerprint density at radius 3 is 1.25 bits per heavy atom. The summed E-state index contributed by atoms with van der Waals surface area (Å²) in [5.74, 6) is 0.626. The Bertz CT molecular complexity index is 1650. The Morgan fingerprint density at radius 1 is 0.438 bits per heavy atom. The van der Waals surface area contributed by atoms with Crippen LogP contribution in [0.3, 0.4) is 0 Å². The van der Waals surface area contributed by atoms with Crippen molar-refractivity contribution in [3.05, 3.63) is 83.9 Å². The number of phenols is 4. The highest BCUT2D eigenvalue weighted by Crippen LogP contribution is 2.38. The Labute approximate surface area is 280 Å². The molecule has 1 heterocycles. The minimum absolute atomic E-state index is 0.0148. The van der Waals surface area contributed by atoms with Crippen molar-refractivity contribution < 1.29 is 20.4 Å². The van der Waals surface area contributed by atoms with E-state index in [0.717, 1.165) is 73.6 Å². The lowest BCUT2D eigenvalue weighted by Crippen LogP contribution is -2.24. The molecule has 3 aliphatic rings. The van der Waals surface area contributed by atoms with E-state index in [2.05, 4.69) is 0 Å². The molecule has 4 aromatic rings. The summed E-state index contributed by atoms with van der Waals surface area (Å²) < 4.78 is 0. The summed E-state index contributed by atoms with van der Waals surface area (Å²) in [5, 5.41) is 42.9. The standard InChI is InChI=1S/C40H40N4O4/c45-37-13-9-25-17-31(37)23-41-33-7-3-1-5-29(33)21-43-35-19-27(11-15-39(35)47)28-12-16-40(48)36(20-28)44-22-30-6-2-4-8-34(30)42-24-32-18-26(25)10-14-38(32)46/h9-24,29-30,33-34,45-48H,1-8H2/t29-,30-,33+,34+/m0/s1. The quantitative estimate of drug-likeness (QED) is 0.153. The molecule has 8 heteroatoms. The Balaban J connectivity index is 1.32. The first kappa shape index (κ1) is 31.4. The molecule has 7 rings (SSSR count). The highest BCUT2D eigenvalue weighted by atomic mass is 16.3. The van der Waals surface area contributed by atoms with E-state index in [0.29, 0.717) is 22.5 Å². The van der Waals surface area contributed by atoms with E-state index in [1.807, 2.05) is 61.0 Å². The molecule has 0 aromatic heterocycles. The maximum atomic E-state index is 10.7. The van der Waals surface area contributed by atoms with E-state index in [1.54, 1.807) is 36.7 Å². The largest absolute Gasteiger partial charge is 0.507 e. The number of hydrogen-bond acceptors (Lipinski definition) is 8. The zero-order valence-electron chi connectivity index (χ0n) is 26.8. The fourth-order valence-electron chi connectivity index (χ4n) is 6.99. The van der Waals surface area contributed by atoms with Crippen LogP contribution in [0.25, 0.3) is 22.3 Å². The van der Waals surface area contributed by atoms with Gasteiger partial charge >= 0.3 is 0 Å². The number of benzene rings is 4. The van der Waals surface area contributed by atoms with Gasteiger partial charge in [0.2, 0.25) is 0 Å². The highest BCUT2D eigenvalue weighted by Gasteiger charge is 2.24. The number of rotatable bonds is 0. The fourth-order valence-corrected chi connectivity index (χ4v) is 6.99. The minimum atomic E-state index is -0.0148. The molecule has 0 spiro atoms. The molecule has 2 aliphatic carbocycles. The average molecular weight is 641 g/mol. The molecule has 244 valence electrons. The number of fused-ring (bicyclic) bond motifs is 12. The molecule has 0 unspecified atom stereocenters. The van der Waals surface area contributed by atoms with Gasteiger partial charge in [-0.2, -0.15) is 0 Å². The molecule has 8 bridgehead atoms. The number of nitrogens with zero attached hydrogens (tertiary/aromatic N) is 4. The molecule has 4 N–H and O–H groups in total.